The first-order valence-corrected chi connectivity index (χ1v) is 7.25. The van der Waals surface area contributed by atoms with Crippen molar-refractivity contribution in [2.75, 3.05) is 29.4 Å². The zero-order chi connectivity index (χ0) is 14.2. The number of hydrogen-bond donors (Lipinski definition) is 1. The summed E-state index contributed by atoms with van der Waals surface area (Å²) >= 11 is 0. The van der Waals surface area contributed by atoms with Gasteiger partial charge in [0.25, 0.3) is 5.91 Å². The molecule has 7 nitrogen and oxygen atoms in total. The minimum Gasteiger partial charge on any atom is -0.356 e. The average Bonchev–Trinajstić information content (AvgIpc) is 2.94. The van der Waals surface area contributed by atoms with Crippen molar-refractivity contribution in [3.8, 4) is 0 Å². The third-order valence-corrected chi connectivity index (χ3v) is 4.07. The van der Waals surface area contributed by atoms with Crippen molar-refractivity contribution in [3.63, 3.8) is 0 Å². The number of anilines is 2. The van der Waals surface area contributed by atoms with Crippen molar-refractivity contribution in [2.24, 2.45) is 0 Å². The minimum atomic E-state index is -0.0625. The fourth-order valence-corrected chi connectivity index (χ4v) is 2.74. The molecule has 1 fully saturated rings. The maximum atomic E-state index is 12.6. The number of H-pyrrole nitrogens is 1. The van der Waals surface area contributed by atoms with Crippen LogP contribution in [0.15, 0.2) is 18.3 Å². The Labute approximate surface area is 122 Å². The lowest BCUT2D eigenvalue weighted by molar-refractivity contribution is 0.0984. The maximum Gasteiger partial charge on any atom is 0.261 e. The third kappa shape index (κ3) is 2.05. The molecule has 4 heterocycles. The second-order valence-corrected chi connectivity index (χ2v) is 5.40. The van der Waals surface area contributed by atoms with E-state index in [4.69, 9.17) is 0 Å². The number of carbonyl (C=O) groups excluding carboxylic acids is 1. The number of rotatable bonds is 2. The molecule has 2 aliphatic heterocycles. The van der Waals surface area contributed by atoms with Crippen LogP contribution in [0.5, 0.6) is 0 Å². The smallest absolute Gasteiger partial charge is 0.261 e. The summed E-state index contributed by atoms with van der Waals surface area (Å²) in [6, 6.07) is 3.76. The van der Waals surface area contributed by atoms with Crippen molar-refractivity contribution in [1.29, 1.82) is 0 Å². The summed E-state index contributed by atoms with van der Waals surface area (Å²) in [7, 11) is 0. The molecule has 0 atom stereocenters. The highest BCUT2D eigenvalue weighted by atomic mass is 16.2. The Morgan fingerprint density at radius 3 is 2.76 bits per heavy atom. The molecule has 0 bridgehead atoms. The zero-order valence-electron chi connectivity index (χ0n) is 11.6. The van der Waals surface area contributed by atoms with Crippen molar-refractivity contribution in [1.82, 2.24) is 20.4 Å². The first-order valence-electron chi connectivity index (χ1n) is 7.25. The molecule has 7 heteroatoms. The van der Waals surface area contributed by atoms with Gasteiger partial charge in [-0.3, -0.25) is 9.69 Å². The molecule has 0 spiro atoms. The van der Waals surface area contributed by atoms with Gasteiger partial charge < -0.3 is 4.90 Å². The highest BCUT2D eigenvalue weighted by molar-refractivity contribution is 6.05. The molecule has 2 aromatic heterocycles. The van der Waals surface area contributed by atoms with Crippen LogP contribution in [0.2, 0.25) is 0 Å². The van der Waals surface area contributed by atoms with E-state index in [1.807, 2.05) is 12.1 Å². The Morgan fingerprint density at radius 1 is 1.14 bits per heavy atom. The molecule has 21 heavy (non-hydrogen) atoms. The summed E-state index contributed by atoms with van der Waals surface area (Å²) in [6.45, 7) is 2.77. The van der Waals surface area contributed by atoms with Gasteiger partial charge in [-0.15, -0.1) is 5.10 Å². The number of carbonyl (C=O) groups is 1. The number of nitrogens with one attached hydrogen (secondary N) is 1. The molecular weight excluding hydrogens is 268 g/mol. The fourth-order valence-electron chi connectivity index (χ4n) is 2.74. The van der Waals surface area contributed by atoms with E-state index in [1.165, 1.54) is 6.42 Å². The number of fused-ring (bicyclic) bond motifs is 1. The van der Waals surface area contributed by atoms with Crippen LogP contribution in [0.1, 0.15) is 28.9 Å². The normalized spacial score (nSPS) is 17.3. The topological polar surface area (TPSA) is 78.0 Å². The molecule has 0 aromatic carbocycles. The minimum absolute atomic E-state index is 0.0625. The van der Waals surface area contributed by atoms with Gasteiger partial charge in [-0.05, 0) is 31.4 Å². The molecule has 2 aliphatic rings. The van der Waals surface area contributed by atoms with E-state index in [1.54, 1.807) is 11.1 Å². The van der Waals surface area contributed by atoms with Crippen molar-refractivity contribution in [2.45, 2.75) is 19.3 Å². The molecule has 0 unspecified atom stereocenters. The van der Waals surface area contributed by atoms with Crippen LogP contribution in [-0.4, -0.2) is 45.9 Å². The van der Waals surface area contributed by atoms with E-state index < -0.39 is 0 Å². The molecule has 1 saturated heterocycles. The van der Waals surface area contributed by atoms with Gasteiger partial charge in [-0.1, -0.05) is 0 Å². The second kappa shape index (κ2) is 4.83. The lowest BCUT2D eigenvalue weighted by Crippen LogP contribution is -2.38. The lowest BCUT2D eigenvalue weighted by atomic mass is 10.1. The highest BCUT2D eigenvalue weighted by Gasteiger charge is 2.27. The van der Waals surface area contributed by atoms with E-state index in [-0.39, 0.29) is 5.91 Å². The largest absolute Gasteiger partial charge is 0.356 e. The molecule has 0 radical (unpaired) electrons. The standard InChI is InChI=1S/C14H16N6O/c21-14(20-8-1-3-11-13(20)17-18-16-11)10-4-5-12(15-9-10)19-6-2-7-19/h4-5,9H,1-3,6-8H2,(H,16,17,18). The maximum absolute atomic E-state index is 12.6. The Balaban J connectivity index is 1.58. The molecule has 0 aliphatic carbocycles. The second-order valence-electron chi connectivity index (χ2n) is 5.40. The van der Waals surface area contributed by atoms with Gasteiger partial charge in [0.05, 0.1) is 5.56 Å². The van der Waals surface area contributed by atoms with Crippen LogP contribution < -0.4 is 9.80 Å². The lowest BCUT2D eigenvalue weighted by Gasteiger charge is -2.32. The Hall–Kier alpha value is -2.44. The van der Waals surface area contributed by atoms with E-state index in [0.717, 1.165) is 37.4 Å². The van der Waals surface area contributed by atoms with Crippen LogP contribution in [0, 0.1) is 0 Å². The van der Waals surface area contributed by atoms with Gasteiger partial charge in [0, 0.05) is 25.8 Å². The number of aryl methyl sites for hydroxylation is 1. The van der Waals surface area contributed by atoms with Crippen molar-refractivity contribution in [3.05, 3.63) is 29.6 Å². The van der Waals surface area contributed by atoms with Gasteiger partial charge in [-0.25, -0.2) is 4.98 Å². The van der Waals surface area contributed by atoms with Gasteiger partial charge >= 0.3 is 0 Å². The molecule has 2 aromatic rings. The van der Waals surface area contributed by atoms with E-state index in [2.05, 4.69) is 25.3 Å². The van der Waals surface area contributed by atoms with Gasteiger partial charge in [0.1, 0.15) is 11.5 Å². The van der Waals surface area contributed by atoms with Crippen molar-refractivity contribution < 1.29 is 4.79 Å². The zero-order valence-corrected chi connectivity index (χ0v) is 11.6. The fraction of sp³-hybridized carbons (Fsp3) is 0.429. The Kier molecular flexibility index (Phi) is 2.83. The number of aromatic amines is 1. The highest BCUT2D eigenvalue weighted by Crippen LogP contribution is 2.24. The SMILES string of the molecule is O=C(c1ccc(N2CCC2)nc1)N1CCCc2n[nH]nc21. The molecule has 108 valence electrons. The predicted molar refractivity (Wildman–Crippen MR) is 77.4 cm³/mol. The molecule has 0 saturated carbocycles. The summed E-state index contributed by atoms with van der Waals surface area (Å²) in [5.74, 6) is 1.53. The third-order valence-electron chi connectivity index (χ3n) is 4.07. The first-order chi connectivity index (χ1) is 10.3. The Bertz CT molecular complexity index is 660. The number of amides is 1. The monoisotopic (exact) mass is 284 g/mol. The quantitative estimate of drug-likeness (QED) is 0.890. The summed E-state index contributed by atoms with van der Waals surface area (Å²) in [5, 5.41) is 10.8. The first kappa shape index (κ1) is 12.3. The average molecular weight is 284 g/mol. The van der Waals surface area contributed by atoms with Gasteiger partial charge in [0.15, 0.2) is 5.82 Å². The van der Waals surface area contributed by atoms with Crippen LogP contribution in [-0.2, 0) is 6.42 Å². The van der Waals surface area contributed by atoms with Crippen molar-refractivity contribution >= 4 is 17.5 Å². The molecular formula is C14H16N6O. The summed E-state index contributed by atoms with van der Waals surface area (Å²) in [5.41, 5.74) is 1.45. The molecule has 1 N–H and O–H groups in total. The molecule has 1 amide bonds. The number of aromatic nitrogens is 4. The molecule has 4 rings (SSSR count). The summed E-state index contributed by atoms with van der Waals surface area (Å²) < 4.78 is 0. The van der Waals surface area contributed by atoms with Crippen LogP contribution in [0.4, 0.5) is 11.6 Å². The van der Waals surface area contributed by atoms with E-state index in [0.29, 0.717) is 17.9 Å². The number of pyridine rings is 1. The predicted octanol–water partition coefficient (Wildman–Crippen LogP) is 1.00. The van der Waals surface area contributed by atoms with Gasteiger partial charge in [-0.2, -0.15) is 10.3 Å². The van der Waals surface area contributed by atoms with Crippen LogP contribution >= 0.6 is 0 Å². The number of nitrogens with zero attached hydrogens (tertiary/aromatic N) is 5. The summed E-state index contributed by atoms with van der Waals surface area (Å²) in [4.78, 5) is 20.9. The van der Waals surface area contributed by atoms with E-state index in [9.17, 15) is 4.79 Å². The van der Waals surface area contributed by atoms with Crippen LogP contribution in [0.25, 0.3) is 0 Å². The van der Waals surface area contributed by atoms with Crippen LogP contribution in [0.3, 0.4) is 0 Å². The Morgan fingerprint density at radius 2 is 2.05 bits per heavy atom. The van der Waals surface area contributed by atoms with E-state index >= 15 is 0 Å². The number of hydrogen-bond acceptors (Lipinski definition) is 5. The summed E-state index contributed by atoms with van der Waals surface area (Å²) in [6.07, 6.45) is 4.64. The van der Waals surface area contributed by atoms with Gasteiger partial charge in [0.2, 0.25) is 0 Å².